The van der Waals surface area contributed by atoms with Gasteiger partial charge in [-0.05, 0) is 37.6 Å². The molecule has 2 aromatic rings. The van der Waals surface area contributed by atoms with Gasteiger partial charge in [-0.25, -0.2) is 16.8 Å². The van der Waals surface area contributed by atoms with Gasteiger partial charge in [0.05, 0.1) is 22.5 Å². The number of aryl methyl sites for hydroxylation is 2. The molecule has 8 heteroatoms. The average Bonchev–Trinajstić information content (AvgIpc) is 2.45. The fourth-order valence-electron chi connectivity index (χ4n) is 2.31. The predicted octanol–water partition coefficient (Wildman–Crippen LogP) is 2.50. The van der Waals surface area contributed by atoms with Crippen LogP contribution in [0.15, 0.2) is 47.4 Å². The molecule has 6 nitrogen and oxygen atoms in total. The van der Waals surface area contributed by atoms with Crippen molar-refractivity contribution in [3.05, 3.63) is 53.6 Å². The zero-order valence-corrected chi connectivity index (χ0v) is 15.6. The highest BCUT2D eigenvalue weighted by Crippen LogP contribution is 2.29. The van der Waals surface area contributed by atoms with Crippen LogP contribution in [-0.4, -0.2) is 30.1 Å². The molecule has 0 aliphatic carbocycles. The standard InChI is InChI=1S/C16H20N2O4S2/c1-12-9-10-16(13(2)11-12)24(21,22)17-14-7-5-6-8-15(14)18(3)23(4,19)20/h5-11,17H,1-4H3. The van der Waals surface area contributed by atoms with E-state index < -0.39 is 20.0 Å². The number of benzene rings is 2. The second kappa shape index (κ2) is 6.45. The largest absolute Gasteiger partial charge is 0.277 e. The van der Waals surface area contributed by atoms with E-state index in [0.717, 1.165) is 16.1 Å². The smallest absolute Gasteiger partial charge is 0.262 e. The van der Waals surface area contributed by atoms with Crippen LogP contribution in [0.2, 0.25) is 0 Å². The van der Waals surface area contributed by atoms with Gasteiger partial charge in [0.15, 0.2) is 0 Å². The first-order valence-corrected chi connectivity index (χ1v) is 10.5. The Bertz CT molecular complexity index is 967. The third-order valence-electron chi connectivity index (χ3n) is 3.61. The minimum absolute atomic E-state index is 0.157. The summed E-state index contributed by atoms with van der Waals surface area (Å²) in [6.07, 6.45) is 1.06. The summed E-state index contributed by atoms with van der Waals surface area (Å²) in [6.45, 7) is 3.60. The molecule has 0 fully saturated rings. The fourth-order valence-corrected chi connectivity index (χ4v) is 4.13. The van der Waals surface area contributed by atoms with Crippen molar-refractivity contribution in [2.75, 3.05) is 22.3 Å². The van der Waals surface area contributed by atoms with Crippen LogP contribution in [0.5, 0.6) is 0 Å². The van der Waals surface area contributed by atoms with Gasteiger partial charge >= 0.3 is 0 Å². The van der Waals surface area contributed by atoms with Crippen molar-refractivity contribution < 1.29 is 16.8 Å². The van der Waals surface area contributed by atoms with Crippen molar-refractivity contribution in [1.82, 2.24) is 0 Å². The van der Waals surface area contributed by atoms with Gasteiger partial charge in [0.25, 0.3) is 10.0 Å². The highest BCUT2D eigenvalue weighted by Gasteiger charge is 2.21. The molecule has 2 rings (SSSR count). The highest BCUT2D eigenvalue weighted by molar-refractivity contribution is 7.93. The van der Waals surface area contributed by atoms with Crippen molar-refractivity contribution >= 4 is 31.4 Å². The summed E-state index contributed by atoms with van der Waals surface area (Å²) in [5.74, 6) is 0. The minimum atomic E-state index is -3.83. The molecule has 0 spiro atoms. The van der Waals surface area contributed by atoms with E-state index in [1.165, 1.54) is 19.2 Å². The van der Waals surface area contributed by atoms with Crippen molar-refractivity contribution in [2.24, 2.45) is 0 Å². The van der Waals surface area contributed by atoms with Crippen LogP contribution < -0.4 is 9.03 Å². The minimum Gasteiger partial charge on any atom is -0.277 e. The lowest BCUT2D eigenvalue weighted by molar-refractivity contribution is 0.598. The quantitative estimate of drug-likeness (QED) is 0.879. The Morgan fingerprint density at radius 1 is 0.958 bits per heavy atom. The van der Waals surface area contributed by atoms with E-state index >= 15 is 0 Å². The van der Waals surface area contributed by atoms with Crippen LogP contribution in [0.25, 0.3) is 0 Å². The van der Waals surface area contributed by atoms with Crippen LogP contribution in [0, 0.1) is 13.8 Å². The molecule has 1 N–H and O–H groups in total. The van der Waals surface area contributed by atoms with Crippen molar-refractivity contribution in [1.29, 1.82) is 0 Å². The lowest BCUT2D eigenvalue weighted by Crippen LogP contribution is -2.26. The topological polar surface area (TPSA) is 83.6 Å². The SMILES string of the molecule is Cc1ccc(S(=O)(=O)Nc2ccccc2N(C)S(C)(=O)=O)c(C)c1. The summed E-state index contributed by atoms with van der Waals surface area (Å²) in [5, 5.41) is 0. The van der Waals surface area contributed by atoms with Gasteiger partial charge in [0, 0.05) is 7.05 Å². The second-order valence-corrected chi connectivity index (χ2v) is 9.29. The van der Waals surface area contributed by atoms with Gasteiger partial charge in [-0.3, -0.25) is 9.03 Å². The van der Waals surface area contributed by atoms with E-state index in [-0.39, 0.29) is 16.3 Å². The van der Waals surface area contributed by atoms with Gasteiger partial charge in [-0.2, -0.15) is 0 Å². The molecule has 0 atom stereocenters. The van der Waals surface area contributed by atoms with Crippen LogP contribution in [0.1, 0.15) is 11.1 Å². The number of hydrogen-bond donors (Lipinski definition) is 1. The molecule has 2 aromatic carbocycles. The Kier molecular flexibility index (Phi) is 4.91. The number of nitrogens with zero attached hydrogens (tertiary/aromatic N) is 1. The molecular formula is C16H20N2O4S2. The molecule has 0 unspecified atom stereocenters. The summed E-state index contributed by atoms with van der Waals surface area (Å²) < 4.78 is 52.4. The van der Waals surface area contributed by atoms with E-state index in [2.05, 4.69) is 4.72 Å². The number of nitrogens with one attached hydrogen (secondary N) is 1. The van der Waals surface area contributed by atoms with Crippen LogP contribution in [-0.2, 0) is 20.0 Å². The maximum Gasteiger partial charge on any atom is 0.262 e. The predicted molar refractivity (Wildman–Crippen MR) is 96.4 cm³/mol. The van der Waals surface area contributed by atoms with Crippen molar-refractivity contribution in [2.45, 2.75) is 18.7 Å². The maximum absolute atomic E-state index is 12.7. The third-order valence-corrected chi connectivity index (χ3v) is 6.32. The zero-order chi connectivity index (χ0) is 18.1. The van der Waals surface area contributed by atoms with Crippen LogP contribution >= 0.6 is 0 Å². The van der Waals surface area contributed by atoms with Gasteiger partial charge in [0.1, 0.15) is 0 Å². The summed E-state index contributed by atoms with van der Waals surface area (Å²) >= 11 is 0. The van der Waals surface area contributed by atoms with Crippen LogP contribution in [0.4, 0.5) is 11.4 Å². The average molecular weight is 368 g/mol. The van der Waals surface area contributed by atoms with E-state index in [9.17, 15) is 16.8 Å². The van der Waals surface area contributed by atoms with Gasteiger partial charge in [-0.15, -0.1) is 0 Å². The molecule has 130 valence electrons. The fraction of sp³-hybridized carbons (Fsp3) is 0.250. The molecule has 24 heavy (non-hydrogen) atoms. The zero-order valence-electron chi connectivity index (χ0n) is 13.9. The number of hydrogen-bond acceptors (Lipinski definition) is 4. The lowest BCUT2D eigenvalue weighted by atomic mass is 10.2. The summed E-state index contributed by atoms with van der Waals surface area (Å²) in [7, 11) is -5.97. The highest BCUT2D eigenvalue weighted by atomic mass is 32.2. The molecule has 0 heterocycles. The van der Waals surface area contributed by atoms with E-state index in [0.29, 0.717) is 5.56 Å². The van der Waals surface area contributed by atoms with Gasteiger partial charge < -0.3 is 0 Å². The Hall–Kier alpha value is -2.06. The lowest BCUT2D eigenvalue weighted by Gasteiger charge is -2.21. The van der Waals surface area contributed by atoms with Crippen molar-refractivity contribution in [3.63, 3.8) is 0 Å². The Labute approximate surface area is 143 Å². The van der Waals surface area contributed by atoms with E-state index in [1.807, 2.05) is 6.92 Å². The van der Waals surface area contributed by atoms with Gasteiger partial charge in [0.2, 0.25) is 10.0 Å². The number of para-hydroxylation sites is 2. The Morgan fingerprint density at radius 2 is 1.58 bits per heavy atom. The molecule has 0 bridgehead atoms. The third kappa shape index (κ3) is 3.88. The monoisotopic (exact) mass is 368 g/mol. The Morgan fingerprint density at radius 3 is 2.17 bits per heavy atom. The molecular weight excluding hydrogens is 348 g/mol. The number of sulfonamides is 2. The maximum atomic E-state index is 12.7. The molecule has 0 radical (unpaired) electrons. The first-order valence-electron chi connectivity index (χ1n) is 7.15. The van der Waals surface area contributed by atoms with Crippen LogP contribution in [0.3, 0.4) is 0 Å². The molecule has 0 amide bonds. The first-order chi connectivity index (χ1) is 11.0. The summed E-state index contributed by atoms with van der Waals surface area (Å²) in [6, 6.07) is 11.4. The number of anilines is 2. The van der Waals surface area contributed by atoms with Gasteiger partial charge in [-0.1, -0.05) is 29.8 Å². The first kappa shape index (κ1) is 18.3. The summed E-state index contributed by atoms with van der Waals surface area (Å²) in [5.41, 5.74) is 2.04. The summed E-state index contributed by atoms with van der Waals surface area (Å²) in [4.78, 5) is 0.157. The number of rotatable bonds is 5. The van der Waals surface area contributed by atoms with E-state index in [4.69, 9.17) is 0 Å². The molecule has 0 aromatic heterocycles. The molecule has 0 aliphatic heterocycles. The molecule has 0 aliphatic rings. The Balaban J connectivity index is 2.48. The second-order valence-electron chi connectivity index (χ2n) is 5.62. The van der Waals surface area contributed by atoms with E-state index in [1.54, 1.807) is 37.3 Å². The molecule has 0 saturated carbocycles. The molecule has 0 saturated heterocycles. The van der Waals surface area contributed by atoms with Crippen molar-refractivity contribution in [3.8, 4) is 0 Å². The normalized spacial score (nSPS) is 12.0.